The summed E-state index contributed by atoms with van der Waals surface area (Å²) < 4.78 is 13.2. The third-order valence-corrected chi connectivity index (χ3v) is 3.47. The number of aromatic nitrogens is 3. The first-order valence-corrected chi connectivity index (χ1v) is 7.22. The Kier molecular flexibility index (Phi) is 4.34. The summed E-state index contributed by atoms with van der Waals surface area (Å²) in [6.45, 7) is 0. The number of hydrogen-bond donors (Lipinski definition) is 1. The summed E-state index contributed by atoms with van der Waals surface area (Å²) in [5, 5.41) is 11.0. The first-order chi connectivity index (χ1) is 11.1. The van der Waals surface area contributed by atoms with E-state index < -0.39 is 5.82 Å². The molecule has 5 nitrogen and oxygen atoms in total. The molecule has 0 saturated heterocycles. The van der Waals surface area contributed by atoms with Crippen LogP contribution in [0.15, 0.2) is 54.7 Å². The van der Waals surface area contributed by atoms with E-state index in [1.807, 2.05) is 42.3 Å². The molecule has 0 bridgehead atoms. The Morgan fingerprint density at radius 2 is 1.91 bits per heavy atom. The van der Waals surface area contributed by atoms with Crippen LogP contribution in [0.2, 0.25) is 5.02 Å². The highest BCUT2D eigenvalue weighted by atomic mass is 35.5. The highest BCUT2D eigenvalue weighted by Crippen LogP contribution is 2.23. The summed E-state index contributed by atoms with van der Waals surface area (Å²) in [5.74, 6) is 0.456. The van der Waals surface area contributed by atoms with E-state index in [-0.39, 0.29) is 5.02 Å². The number of halogens is 2. The van der Waals surface area contributed by atoms with E-state index in [1.165, 1.54) is 18.3 Å². The molecule has 3 rings (SSSR count). The van der Waals surface area contributed by atoms with Gasteiger partial charge in [-0.3, -0.25) is 0 Å². The van der Waals surface area contributed by atoms with E-state index in [0.29, 0.717) is 17.5 Å². The molecule has 1 aromatic heterocycles. The van der Waals surface area contributed by atoms with Crippen molar-refractivity contribution < 1.29 is 4.39 Å². The van der Waals surface area contributed by atoms with E-state index in [4.69, 9.17) is 11.6 Å². The van der Waals surface area contributed by atoms with Gasteiger partial charge in [-0.1, -0.05) is 29.8 Å². The van der Waals surface area contributed by atoms with Crippen molar-refractivity contribution in [2.75, 3.05) is 17.3 Å². The van der Waals surface area contributed by atoms with Crippen LogP contribution >= 0.6 is 11.6 Å². The van der Waals surface area contributed by atoms with Crippen LogP contribution < -0.4 is 10.2 Å². The second-order valence-corrected chi connectivity index (χ2v) is 5.20. The Morgan fingerprint density at radius 1 is 1.13 bits per heavy atom. The zero-order chi connectivity index (χ0) is 16.2. The Labute approximate surface area is 137 Å². The summed E-state index contributed by atoms with van der Waals surface area (Å²) >= 11 is 5.77. The average molecular weight is 330 g/mol. The largest absolute Gasteiger partial charge is 0.339 e. The minimum Gasteiger partial charge on any atom is -0.339 e. The smallest absolute Gasteiger partial charge is 0.251 e. The molecule has 1 heterocycles. The van der Waals surface area contributed by atoms with E-state index in [1.54, 1.807) is 6.07 Å². The fourth-order valence-corrected chi connectivity index (χ4v) is 2.17. The van der Waals surface area contributed by atoms with Gasteiger partial charge in [-0.05, 0) is 30.3 Å². The van der Waals surface area contributed by atoms with Gasteiger partial charge in [0.25, 0.3) is 5.95 Å². The molecule has 23 heavy (non-hydrogen) atoms. The predicted octanol–water partition coefficient (Wildman–Crippen LogP) is 4.18. The van der Waals surface area contributed by atoms with Crippen molar-refractivity contribution in [2.24, 2.45) is 0 Å². The summed E-state index contributed by atoms with van der Waals surface area (Å²) in [7, 11) is 1.85. The Bertz CT molecular complexity index is 813. The number of benzene rings is 2. The molecule has 0 aliphatic carbocycles. The molecule has 0 fully saturated rings. The lowest BCUT2D eigenvalue weighted by atomic mass is 10.3. The molecule has 3 aromatic rings. The van der Waals surface area contributed by atoms with Crippen molar-refractivity contribution in [1.82, 2.24) is 15.2 Å². The molecule has 0 saturated carbocycles. The predicted molar refractivity (Wildman–Crippen MR) is 89.0 cm³/mol. The zero-order valence-electron chi connectivity index (χ0n) is 12.2. The minimum absolute atomic E-state index is 0.0404. The Balaban J connectivity index is 1.83. The van der Waals surface area contributed by atoms with Gasteiger partial charge >= 0.3 is 0 Å². The van der Waals surface area contributed by atoms with Gasteiger partial charge in [0.1, 0.15) is 5.82 Å². The first-order valence-electron chi connectivity index (χ1n) is 6.84. The van der Waals surface area contributed by atoms with Gasteiger partial charge < -0.3 is 10.2 Å². The van der Waals surface area contributed by atoms with E-state index >= 15 is 0 Å². The molecule has 0 amide bonds. The molecule has 2 aromatic carbocycles. The second kappa shape index (κ2) is 6.58. The third-order valence-electron chi connectivity index (χ3n) is 3.18. The van der Waals surface area contributed by atoms with E-state index in [9.17, 15) is 4.39 Å². The minimum atomic E-state index is -0.470. The molecular weight excluding hydrogens is 317 g/mol. The van der Waals surface area contributed by atoms with Gasteiger partial charge in [-0.25, -0.2) is 4.39 Å². The van der Waals surface area contributed by atoms with E-state index in [2.05, 4.69) is 20.5 Å². The van der Waals surface area contributed by atoms with Crippen LogP contribution in [0.25, 0.3) is 0 Å². The molecular formula is C16H13ClFN5. The fraction of sp³-hybridized carbons (Fsp3) is 0.0625. The van der Waals surface area contributed by atoms with Crippen LogP contribution in [0.4, 0.5) is 27.5 Å². The molecule has 0 unspecified atom stereocenters. The SMILES string of the molecule is CN(c1ccccc1)c1nncc(Nc2ccc(F)c(Cl)c2)n1. The monoisotopic (exact) mass is 329 g/mol. The van der Waals surface area contributed by atoms with Crippen LogP contribution in [0, 0.1) is 5.82 Å². The number of anilines is 4. The molecule has 0 spiro atoms. The maximum absolute atomic E-state index is 13.2. The van der Waals surface area contributed by atoms with Gasteiger partial charge in [0.15, 0.2) is 5.82 Å². The lowest BCUT2D eigenvalue weighted by molar-refractivity contribution is 0.628. The lowest BCUT2D eigenvalue weighted by Crippen LogP contribution is -2.14. The molecule has 0 atom stereocenters. The zero-order valence-corrected chi connectivity index (χ0v) is 13.0. The van der Waals surface area contributed by atoms with Crippen molar-refractivity contribution in [3.05, 3.63) is 65.6 Å². The van der Waals surface area contributed by atoms with Crippen LogP contribution in [-0.4, -0.2) is 22.2 Å². The summed E-state index contributed by atoms with van der Waals surface area (Å²) in [6.07, 6.45) is 1.49. The fourth-order valence-electron chi connectivity index (χ4n) is 1.99. The average Bonchev–Trinajstić information content (AvgIpc) is 2.58. The second-order valence-electron chi connectivity index (χ2n) is 4.79. The quantitative estimate of drug-likeness (QED) is 0.778. The number of rotatable bonds is 4. The van der Waals surface area contributed by atoms with Crippen molar-refractivity contribution in [2.45, 2.75) is 0 Å². The van der Waals surface area contributed by atoms with Crippen molar-refractivity contribution in [1.29, 1.82) is 0 Å². The van der Waals surface area contributed by atoms with Crippen molar-refractivity contribution in [3.8, 4) is 0 Å². The molecule has 1 N–H and O–H groups in total. The molecule has 7 heteroatoms. The Morgan fingerprint density at radius 3 is 2.65 bits per heavy atom. The topological polar surface area (TPSA) is 53.9 Å². The number of nitrogens with one attached hydrogen (secondary N) is 1. The van der Waals surface area contributed by atoms with Gasteiger partial charge in [-0.15, -0.1) is 5.10 Å². The van der Waals surface area contributed by atoms with Crippen LogP contribution in [0.5, 0.6) is 0 Å². The summed E-state index contributed by atoms with van der Waals surface area (Å²) in [6, 6.07) is 14.0. The highest BCUT2D eigenvalue weighted by molar-refractivity contribution is 6.31. The normalized spacial score (nSPS) is 10.4. The number of para-hydroxylation sites is 1. The molecule has 116 valence electrons. The maximum atomic E-state index is 13.2. The molecule has 0 radical (unpaired) electrons. The lowest BCUT2D eigenvalue weighted by Gasteiger charge is -2.17. The maximum Gasteiger partial charge on any atom is 0.251 e. The first kappa shape index (κ1) is 15.2. The van der Waals surface area contributed by atoms with Crippen LogP contribution in [0.1, 0.15) is 0 Å². The third kappa shape index (κ3) is 3.54. The summed E-state index contributed by atoms with van der Waals surface area (Å²) in [4.78, 5) is 6.22. The molecule has 0 aliphatic rings. The molecule has 0 aliphatic heterocycles. The number of hydrogen-bond acceptors (Lipinski definition) is 5. The van der Waals surface area contributed by atoms with Crippen LogP contribution in [-0.2, 0) is 0 Å². The van der Waals surface area contributed by atoms with Crippen LogP contribution in [0.3, 0.4) is 0 Å². The van der Waals surface area contributed by atoms with Crippen molar-refractivity contribution >= 4 is 34.7 Å². The Hall–Kier alpha value is -2.73. The number of nitrogens with zero attached hydrogens (tertiary/aromatic N) is 4. The van der Waals surface area contributed by atoms with Crippen molar-refractivity contribution in [3.63, 3.8) is 0 Å². The van der Waals surface area contributed by atoms with Gasteiger partial charge in [0.05, 0.1) is 11.2 Å². The van der Waals surface area contributed by atoms with Gasteiger partial charge in [-0.2, -0.15) is 10.1 Å². The van der Waals surface area contributed by atoms with Gasteiger partial charge in [0.2, 0.25) is 0 Å². The summed E-state index contributed by atoms with van der Waals surface area (Å²) in [5.41, 5.74) is 1.56. The standard InChI is InChI=1S/C16H13ClFN5/c1-23(12-5-3-2-4-6-12)16-21-15(10-19-22-16)20-11-7-8-14(18)13(17)9-11/h2-10H,1H3,(H,20,21,22). The van der Waals surface area contributed by atoms with Gasteiger partial charge in [0, 0.05) is 18.4 Å². The van der Waals surface area contributed by atoms with E-state index in [0.717, 1.165) is 5.69 Å². The highest BCUT2D eigenvalue weighted by Gasteiger charge is 2.09.